The van der Waals surface area contributed by atoms with Crippen LogP contribution in [0, 0.1) is 0 Å². The van der Waals surface area contributed by atoms with Crippen LogP contribution in [0.2, 0.25) is 0 Å². The Morgan fingerprint density at radius 3 is 2.94 bits per heavy atom. The lowest BCUT2D eigenvalue weighted by molar-refractivity contribution is 0.0696. The number of aromatic carboxylic acids is 1. The molecule has 1 atom stereocenters. The molecule has 0 spiro atoms. The van der Waals surface area contributed by atoms with Crippen LogP contribution in [0.3, 0.4) is 0 Å². The predicted octanol–water partition coefficient (Wildman–Crippen LogP) is 1.52. The molecular weight excluding hydrogens is 234 g/mol. The van der Waals surface area contributed by atoms with E-state index in [-0.39, 0.29) is 5.56 Å². The minimum absolute atomic E-state index is 0.199. The SMILES string of the molecule is COc1ccc(C(=O)O)cc1OCC1CCCN1. The van der Waals surface area contributed by atoms with E-state index in [1.807, 2.05) is 0 Å². The minimum atomic E-state index is -0.971. The van der Waals surface area contributed by atoms with E-state index in [1.54, 1.807) is 6.07 Å². The molecule has 18 heavy (non-hydrogen) atoms. The maximum atomic E-state index is 10.9. The number of rotatable bonds is 5. The largest absolute Gasteiger partial charge is 0.493 e. The van der Waals surface area contributed by atoms with Gasteiger partial charge in [0.25, 0.3) is 0 Å². The Kier molecular flexibility index (Phi) is 4.04. The van der Waals surface area contributed by atoms with Crippen molar-refractivity contribution in [1.82, 2.24) is 5.32 Å². The number of ether oxygens (including phenoxy) is 2. The molecule has 1 aromatic carbocycles. The summed E-state index contributed by atoms with van der Waals surface area (Å²) in [7, 11) is 1.54. The summed E-state index contributed by atoms with van der Waals surface area (Å²) in [6.45, 7) is 1.54. The van der Waals surface area contributed by atoms with E-state index in [0.29, 0.717) is 24.1 Å². The van der Waals surface area contributed by atoms with Crippen molar-refractivity contribution < 1.29 is 19.4 Å². The Hall–Kier alpha value is -1.75. The number of benzene rings is 1. The van der Waals surface area contributed by atoms with Crippen molar-refractivity contribution in [2.75, 3.05) is 20.3 Å². The summed E-state index contributed by atoms with van der Waals surface area (Å²) in [4.78, 5) is 10.9. The molecule has 1 aliphatic rings. The molecule has 0 saturated carbocycles. The van der Waals surface area contributed by atoms with E-state index >= 15 is 0 Å². The second kappa shape index (κ2) is 5.73. The molecule has 2 rings (SSSR count). The summed E-state index contributed by atoms with van der Waals surface area (Å²) in [5, 5.41) is 12.3. The summed E-state index contributed by atoms with van der Waals surface area (Å²) in [6.07, 6.45) is 2.24. The van der Waals surface area contributed by atoms with Crippen molar-refractivity contribution in [2.45, 2.75) is 18.9 Å². The average Bonchev–Trinajstić information content (AvgIpc) is 2.89. The van der Waals surface area contributed by atoms with Gasteiger partial charge in [0.05, 0.1) is 12.7 Å². The lowest BCUT2D eigenvalue weighted by Gasteiger charge is -2.14. The van der Waals surface area contributed by atoms with E-state index in [0.717, 1.165) is 19.4 Å². The summed E-state index contributed by atoms with van der Waals surface area (Å²) in [6, 6.07) is 4.95. The van der Waals surface area contributed by atoms with Gasteiger partial charge in [-0.05, 0) is 37.6 Å². The Labute approximate surface area is 106 Å². The van der Waals surface area contributed by atoms with Crippen molar-refractivity contribution in [3.63, 3.8) is 0 Å². The Balaban J connectivity index is 2.08. The van der Waals surface area contributed by atoms with E-state index in [9.17, 15) is 4.79 Å². The average molecular weight is 251 g/mol. The Bertz CT molecular complexity index is 427. The third kappa shape index (κ3) is 2.92. The number of methoxy groups -OCH3 is 1. The highest BCUT2D eigenvalue weighted by atomic mass is 16.5. The summed E-state index contributed by atoms with van der Waals surface area (Å²) >= 11 is 0. The van der Waals surface area contributed by atoms with E-state index in [4.69, 9.17) is 14.6 Å². The molecule has 5 nitrogen and oxygen atoms in total. The van der Waals surface area contributed by atoms with E-state index in [1.165, 1.54) is 19.2 Å². The lowest BCUT2D eigenvalue weighted by Crippen LogP contribution is -2.28. The predicted molar refractivity (Wildman–Crippen MR) is 66.5 cm³/mol. The quantitative estimate of drug-likeness (QED) is 0.830. The van der Waals surface area contributed by atoms with Crippen LogP contribution in [0.15, 0.2) is 18.2 Å². The number of carboxylic acid groups (broad SMARTS) is 1. The molecule has 1 saturated heterocycles. The molecule has 2 N–H and O–H groups in total. The number of carboxylic acids is 1. The van der Waals surface area contributed by atoms with E-state index in [2.05, 4.69) is 5.32 Å². The fraction of sp³-hybridized carbons (Fsp3) is 0.462. The van der Waals surface area contributed by atoms with Crippen LogP contribution in [0.4, 0.5) is 0 Å². The second-order valence-electron chi connectivity index (χ2n) is 4.28. The van der Waals surface area contributed by atoms with Gasteiger partial charge >= 0.3 is 5.97 Å². The standard InChI is InChI=1S/C13H17NO4/c1-17-11-5-4-9(13(15)16)7-12(11)18-8-10-3-2-6-14-10/h4-5,7,10,14H,2-3,6,8H2,1H3,(H,15,16). The van der Waals surface area contributed by atoms with Gasteiger partial charge in [0.15, 0.2) is 11.5 Å². The monoisotopic (exact) mass is 251 g/mol. The molecule has 1 fully saturated rings. The topological polar surface area (TPSA) is 67.8 Å². The van der Waals surface area contributed by atoms with Gasteiger partial charge in [0, 0.05) is 6.04 Å². The van der Waals surface area contributed by atoms with Crippen molar-refractivity contribution in [2.24, 2.45) is 0 Å². The van der Waals surface area contributed by atoms with Crippen molar-refractivity contribution in [3.8, 4) is 11.5 Å². The maximum absolute atomic E-state index is 10.9. The zero-order valence-electron chi connectivity index (χ0n) is 10.3. The molecule has 98 valence electrons. The van der Waals surface area contributed by atoms with Crippen LogP contribution in [-0.2, 0) is 0 Å². The van der Waals surface area contributed by atoms with Gasteiger partial charge in [-0.25, -0.2) is 4.79 Å². The minimum Gasteiger partial charge on any atom is -0.493 e. The molecule has 0 radical (unpaired) electrons. The molecular formula is C13H17NO4. The third-order valence-electron chi connectivity index (χ3n) is 3.01. The molecule has 5 heteroatoms. The van der Waals surface area contributed by atoms with Gasteiger partial charge in [-0.2, -0.15) is 0 Å². The van der Waals surface area contributed by atoms with Crippen LogP contribution in [0.5, 0.6) is 11.5 Å². The highest BCUT2D eigenvalue weighted by Crippen LogP contribution is 2.28. The van der Waals surface area contributed by atoms with Crippen LogP contribution in [-0.4, -0.2) is 37.4 Å². The number of hydrogen-bond acceptors (Lipinski definition) is 4. The van der Waals surface area contributed by atoms with Gasteiger partial charge in [0.1, 0.15) is 6.61 Å². The summed E-state index contributed by atoms with van der Waals surface area (Å²) in [5.41, 5.74) is 0.199. The number of carbonyl (C=O) groups is 1. The van der Waals surface area contributed by atoms with Crippen molar-refractivity contribution >= 4 is 5.97 Å². The highest BCUT2D eigenvalue weighted by Gasteiger charge is 2.16. The number of nitrogens with one attached hydrogen (secondary N) is 1. The fourth-order valence-corrected chi connectivity index (χ4v) is 2.01. The molecule has 0 aromatic heterocycles. The van der Waals surface area contributed by atoms with Gasteiger partial charge < -0.3 is 19.9 Å². The van der Waals surface area contributed by atoms with Gasteiger partial charge in [-0.1, -0.05) is 0 Å². The molecule has 1 unspecified atom stereocenters. The maximum Gasteiger partial charge on any atom is 0.335 e. The highest BCUT2D eigenvalue weighted by molar-refractivity contribution is 5.88. The fourth-order valence-electron chi connectivity index (χ4n) is 2.01. The first-order valence-corrected chi connectivity index (χ1v) is 5.98. The van der Waals surface area contributed by atoms with Crippen LogP contribution in [0.1, 0.15) is 23.2 Å². The van der Waals surface area contributed by atoms with Crippen LogP contribution >= 0.6 is 0 Å². The molecule has 0 amide bonds. The van der Waals surface area contributed by atoms with Gasteiger partial charge in [-0.15, -0.1) is 0 Å². The molecule has 0 bridgehead atoms. The summed E-state index contributed by atoms with van der Waals surface area (Å²) in [5.74, 6) is 0.0607. The van der Waals surface area contributed by atoms with E-state index < -0.39 is 5.97 Å². The van der Waals surface area contributed by atoms with Crippen molar-refractivity contribution in [1.29, 1.82) is 0 Å². The Morgan fingerprint density at radius 1 is 1.50 bits per heavy atom. The first-order valence-electron chi connectivity index (χ1n) is 5.98. The zero-order valence-corrected chi connectivity index (χ0v) is 10.3. The van der Waals surface area contributed by atoms with Gasteiger partial charge in [-0.3, -0.25) is 0 Å². The first kappa shape index (κ1) is 12.7. The lowest BCUT2D eigenvalue weighted by atomic mass is 10.2. The second-order valence-corrected chi connectivity index (χ2v) is 4.28. The summed E-state index contributed by atoms with van der Waals surface area (Å²) < 4.78 is 10.8. The normalized spacial score (nSPS) is 18.6. The number of hydrogen-bond donors (Lipinski definition) is 2. The smallest absolute Gasteiger partial charge is 0.335 e. The van der Waals surface area contributed by atoms with Gasteiger partial charge in [0.2, 0.25) is 0 Å². The molecule has 0 aliphatic carbocycles. The molecule has 1 aromatic rings. The van der Waals surface area contributed by atoms with Crippen LogP contribution < -0.4 is 14.8 Å². The molecule has 1 heterocycles. The van der Waals surface area contributed by atoms with Crippen molar-refractivity contribution in [3.05, 3.63) is 23.8 Å². The first-order chi connectivity index (χ1) is 8.70. The Morgan fingerprint density at radius 2 is 2.33 bits per heavy atom. The molecule has 1 aliphatic heterocycles. The zero-order chi connectivity index (χ0) is 13.0. The third-order valence-corrected chi connectivity index (χ3v) is 3.01. The van der Waals surface area contributed by atoms with Crippen LogP contribution in [0.25, 0.3) is 0 Å².